The van der Waals surface area contributed by atoms with E-state index in [1.54, 1.807) is 18.3 Å². The van der Waals surface area contributed by atoms with Crippen LogP contribution in [0.25, 0.3) is 0 Å². The van der Waals surface area contributed by atoms with Crippen molar-refractivity contribution >= 4 is 30.5 Å². The Balaban J connectivity index is 0.000000516. The van der Waals surface area contributed by atoms with E-state index in [1.807, 2.05) is 0 Å². The van der Waals surface area contributed by atoms with Crippen LogP contribution < -0.4 is 5.32 Å². The Morgan fingerprint density at radius 1 is 1.31 bits per heavy atom. The van der Waals surface area contributed by atoms with Crippen molar-refractivity contribution in [3.63, 3.8) is 0 Å². The molecule has 0 saturated carbocycles. The van der Waals surface area contributed by atoms with Crippen molar-refractivity contribution in [3.05, 3.63) is 30.1 Å². The summed E-state index contributed by atoms with van der Waals surface area (Å²) >= 11 is 4.61. The molecule has 29 heavy (non-hydrogen) atoms. The molecule has 2 rings (SSSR count). The Morgan fingerprint density at radius 2 is 1.86 bits per heavy atom. The summed E-state index contributed by atoms with van der Waals surface area (Å²) in [7, 11) is 0. The Morgan fingerprint density at radius 3 is 2.24 bits per heavy atom. The van der Waals surface area contributed by atoms with Gasteiger partial charge in [0.2, 0.25) is 0 Å². The van der Waals surface area contributed by atoms with Crippen LogP contribution in [-0.4, -0.2) is 74.5 Å². The lowest BCUT2D eigenvalue weighted by atomic mass is 9.87. The second kappa shape index (κ2) is 10.4. The zero-order valence-corrected chi connectivity index (χ0v) is 16.4. The summed E-state index contributed by atoms with van der Waals surface area (Å²) in [5.74, 6) is -4.25. The van der Waals surface area contributed by atoms with Crippen molar-refractivity contribution in [1.82, 2.24) is 15.2 Å². The second-order valence-corrected chi connectivity index (χ2v) is 7.22. The number of aliphatic carboxylic acids is 2. The first-order valence-electron chi connectivity index (χ1n) is 8.59. The highest BCUT2D eigenvalue weighted by atomic mass is 32.1. The van der Waals surface area contributed by atoms with Crippen molar-refractivity contribution in [2.75, 3.05) is 19.6 Å². The number of alkyl halides is 3. The van der Waals surface area contributed by atoms with Gasteiger partial charge in [0.05, 0.1) is 5.56 Å². The molecule has 1 aliphatic rings. The molecular formula is C17H22F3N3O5S. The first-order chi connectivity index (χ1) is 13.4. The van der Waals surface area contributed by atoms with E-state index in [2.05, 4.69) is 34.8 Å². The number of rotatable bonds is 5. The van der Waals surface area contributed by atoms with Gasteiger partial charge < -0.3 is 20.4 Å². The van der Waals surface area contributed by atoms with Crippen LogP contribution in [0.2, 0.25) is 0 Å². The maximum atomic E-state index is 12.2. The predicted octanol–water partition coefficient (Wildman–Crippen LogP) is 1.68. The number of aromatic nitrogens is 1. The molecule has 0 bridgehead atoms. The van der Waals surface area contributed by atoms with E-state index in [0.29, 0.717) is 18.4 Å². The van der Waals surface area contributed by atoms with Gasteiger partial charge in [-0.15, -0.1) is 0 Å². The van der Waals surface area contributed by atoms with E-state index < -0.39 is 34.8 Å². The number of nitrogens with zero attached hydrogens (tertiary/aromatic N) is 2. The summed E-state index contributed by atoms with van der Waals surface area (Å²) in [5.41, 5.74) is 0.344. The van der Waals surface area contributed by atoms with Crippen molar-refractivity contribution in [2.24, 2.45) is 0 Å². The molecule has 1 fully saturated rings. The van der Waals surface area contributed by atoms with E-state index in [0.717, 1.165) is 19.6 Å². The van der Waals surface area contributed by atoms with Crippen LogP contribution in [0.1, 0.15) is 30.1 Å². The van der Waals surface area contributed by atoms with Crippen LogP contribution in [0.3, 0.4) is 0 Å². The van der Waals surface area contributed by atoms with E-state index in [1.165, 1.54) is 6.20 Å². The fourth-order valence-electron chi connectivity index (χ4n) is 2.68. The number of thiol groups is 1. The molecule has 1 aromatic heterocycles. The monoisotopic (exact) mass is 437 g/mol. The van der Waals surface area contributed by atoms with Crippen LogP contribution in [0.4, 0.5) is 13.2 Å². The van der Waals surface area contributed by atoms with Crippen molar-refractivity contribution in [2.45, 2.75) is 36.7 Å². The average molecular weight is 437 g/mol. The topological polar surface area (TPSA) is 120 Å². The number of amides is 1. The minimum absolute atomic E-state index is 0.344. The Kier molecular flexibility index (Phi) is 8.89. The lowest BCUT2D eigenvalue weighted by molar-refractivity contribution is -0.192. The molecule has 0 aromatic carbocycles. The van der Waals surface area contributed by atoms with Gasteiger partial charge in [0, 0.05) is 17.1 Å². The Labute approximate surface area is 170 Å². The number of carbonyl (C=O) groups is 3. The third-order valence-electron chi connectivity index (χ3n) is 4.40. The number of carboxylic acid groups (broad SMARTS) is 2. The average Bonchev–Trinajstić information content (AvgIpc) is 2.66. The van der Waals surface area contributed by atoms with Gasteiger partial charge in [-0.25, -0.2) is 9.59 Å². The molecule has 1 atom stereocenters. The molecule has 162 valence electrons. The minimum Gasteiger partial charge on any atom is -0.480 e. The molecule has 1 saturated heterocycles. The molecular weight excluding hydrogens is 415 g/mol. The third kappa shape index (κ3) is 7.54. The molecule has 3 N–H and O–H groups in total. The molecule has 1 amide bonds. The third-order valence-corrected chi connectivity index (χ3v) is 5.10. The number of hydrogen-bond donors (Lipinski definition) is 4. The number of pyridine rings is 1. The molecule has 0 radical (unpaired) electrons. The van der Waals surface area contributed by atoms with E-state index in [9.17, 15) is 27.9 Å². The summed E-state index contributed by atoms with van der Waals surface area (Å²) in [5, 5.41) is 19.2. The fourth-order valence-corrected chi connectivity index (χ4v) is 3.06. The SMILES string of the molecule is CCN1CCC(S)(C(NC(=O)c2cccnc2)C(=O)O)CC1.O=C(O)C(F)(F)F. The summed E-state index contributed by atoms with van der Waals surface area (Å²) in [6.45, 7) is 4.58. The minimum atomic E-state index is -5.08. The molecule has 1 aromatic rings. The molecule has 12 heteroatoms. The van der Waals surface area contributed by atoms with Gasteiger partial charge in [0.25, 0.3) is 5.91 Å². The first kappa shape index (κ1) is 24.7. The maximum Gasteiger partial charge on any atom is 0.490 e. The number of carbonyl (C=O) groups excluding carboxylic acids is 1. The van der Waals surface area contributed by atoms with Crippen LogP contribution in [-0.2, 0) is 9.59 Å². The highest BCUT2D eigenvalue weighted by Crippen LogP contribution is 2.32. The van der Waals surface area contributed by atoms with Gasteiger partial charge in [-0.2, -0.15) is 25.8 Å². The van der Waals surface area contributed by atoms with Crippen LogP contribution in [0, 0.1) is 0 Å². The summed E-state index contributed by atoms with van der Waals surface area (Å²) in [4.78, 5) is 38.9. The number of carboxylic acids is 2. The highest BCUT2D eigenvalue weighted by molar-refractivity contribution is 7.82. The van der Waals surface area contributed by atoms with Gasteiger partial charge in [-0.3, -0.25) is 9.78 Å². The van der Waals surface area contributed by atoms with E-state index in [-0.39, 0.29) is 0 Å². The van der Waals surface area contributed by atoms with Crippen molar-refractivity contribution in [1.29, 1.82) is 0 Å². The van der Waals surface area contributed by atoms with E-state index >= 15 is 0 Å². The van der Waals surface area contributed by atoms with Gasteiger partial charge in [0.15, 0.2) is 0 Å². The predicted molar refractivity (Wildman–Crippen MR) is 99.9 cm³/mol. The smallest absolute Gasteiger partial charge is 0.480 e. The maximum absolute atomic E-state index is 12.2. The number of nitrogens with one attached hydrogen (secondary N) is 1. The first-order valence-corrected chi connectivity index (χ1v) is 9.04. The number of halogens is 3. The molecule has 0 aliphatic carbocycles. The summed E-state index contributed by atoms with van der Waals surface area (Å²) in [6, 6.07) is 2.22. The zero-order chi connectivity index (χ0) is 22.2. The second-order valence-electron chi connectivity index (χ2n) is 6.33. The van der Waals surface area contributed by atoms with Gasteiger partial charge in [0.1, 0.15) is 6.04 Å². The van der Waals surface area contributed by atoms with Gasteiger partial charge >= 0.3 is 18.1 Å². The highest BCUT2D eigenvalue weighted by Gasteiger charge is 2.43. The fraction of sp³-hybridized carbons (Fsp3) is 0.529. The largest absolute Gasteiger partial charge is 0.490 e. The molecule has 8 nitrogen and oxygen atoms in total. The lowest BCUT2D eigenvalue weighted by Gasteiger charge is -2.41. The summed E-state index contributed by atoms with van der Waals surface area (Å²) < 4.78 is 31.0. The van der Waals surface area contributed by atoms with Crippen LogP contribution in [0.15, 0.2) is 24.5 Å². The molecule has 1 unspecified atom stereocenters. The zero-order valence-electron chi connectivity index (χ0n) is 15.5. The van der Waals surface area contributed by atoms with Crippen molar-refractivity contribution < 1.29 is 37.8 Å². The summed E-state index contributed by atoms with van der Waals surface area (Å²) in [6.07, 6.45) is -0.867. The quantitative estimate of drug-likeness (QED) is 0.518. The van der Waals surface area contributed by atoms with E-state index in [4.69, 9.17) is 9.90 Å². The molecule has 0 spiro atoms. The number of likely N-dealkylation sites (tertiary alicyclic amines) is 1. The van der Waals surface area contributed by atoms with Crippen molar-refractivity contribution in [3.8, 4) is 0 Å². The Bertz CT molecular complexity index is 710. The normalized spacial score (nSPS) is 17.4. The van der Waals surface area contributed by atoms with Gasteiger partial charge in [-0.1, -0.05) is 6.92 Å². The lowest BCUT2D eigenvalue weighted by Crippen LogP contribution is -2.58. The standard InChI is InChI=1S/C15H21N3O3S.C2HF3O2/c1-2-18-8-5-15(22,6-9-18)12(14(20)21)17-13(19)11-4-3-7-16-10-11;3-2(4,5)1(6)7/h3-4,7,10,12,22H,2,5-6,8-9H2,1H3,(H,17,19)(H,20,21);(H,6,7). The number of piperidine rings is 1. The van der Waals surface area contributed by atoms with Gasteiger partial charge in [-0.05, 0) is 44.6 Å². The number of hydrogen-bond acceptors (Lipinski definition) is 6. The Hall–Kier alpha value is -2.34. The van der Waals surface area contributed by atoms with Crippen LogP contribution in [0.5, 0.6) is 0 Å². The molecule has 2 heterocycles. The van der Waals surface area contributed by atoms with Crippen LogP contribution >= 0.6 is 12.6 Å². The molecule has 1 aliphatic heterocycles.